The molecule has 2 aromatic rings. The number of halogens is 2. The van der Waals surface area contributed by atoms with Gasteiger partial charge in [-0.3, -0.25) is 4.79 Å². The Balaban J connectivity index is 1.38. The lowest BCUT2D eigenvalue weighted by molar-refractivity contribution is -0.120. The lowest BCUT2D eigenvalue weighted by Crippen LogP contribution is -2.42. The minimum Gasteiger partial charge on any atom is -0.381 e. The third-order valence-corrected chi connectivity index (χ3v) is 7.01. The fraction of sp³-hybridized carbons (Fsp3) is 0.458. The molecule has 0 bridgehead atoms. The topological polar surface area (TPSA) is 75.6 Å². The molecule has 1 aromatic carbocycles. The van der Waals surface area contributed by atoms with Crippen molar-refractivity contribution in [2.75, 3.05) is 38.2 Å². The lowest BCUT2D eigenvalue weighted by atomic mass is 9.98. The third-order valence-electron chi connectivity index (χ3n) is 6.71. The summed E-state index contributed by atoms with van der Waals surface area (Å²) >= 11 is 6.46. The highest BCUT2D eigenvalue weighted by Crippen LogP contribution is 2.43. The Morgan fingerprint density at radius 1 is 1.27 bits per heavy atom. The van der Waals surface area contributed by atoms with Gasteiger partial charge in [-0.15, -0.1) is 0 Å². The standard InChI is InChI=1S/C24H27ClFN5O2/c25-20-13-28-23(30-24(32)18-2-1-7-27-12-18)11-19(20)17-3-4-21-22(10-17)31(26,15-29-21)14-16-5-8-33-9-6-16/h3-4,10-11,13,15-16,18,27H,1-2,5-9,12,14H2/p+1/t18-,31?/m1/s1. The van der Waals surface area contributed by atoms with Gasteiger partial charge in [0.1, 0.15) is 18.1 Å². The van der Waals surface area contributed by atoms with Gasteiger partial charge in [0.2, 0.25) is 17.9 Å². The SMILES string of the molecule is O=C(Nc1cc(-c2ccc3c(c2)[N+](F)(CC2CCOCC2)C=N3)c(Cl)cn1)[C@@H]1CCCNC1. The summed E-state index contributed by atoms with van der Waals surface area (Å²) in [4.78, 5) is 21.2. The van der Waals surface area contributed by atoms with Gasteiger partial charge in [0.25, 0.3) is 0 Å². The largest absolute Gasteiger partial charge is 0.381 e. The number of piperidine rings is 1. The van der Waals surface area contributed by atoms with Crippen molar-refractivity contribution in [1.82, 2.24) is 15.0 Å². The molecule has 2 N–H and O–H groups in total. The summed E-state index contributed by atoms with van der Waals surface area (Å²) in [5, 5.41) is 6.60. The Morgan fingerprint density at radius 2 is 2.12 bits per heavy atom. The van der Waals surface area contributed by atoms with Crippen LogP contribution in [0.1, 0.15) is 25.7 Å². The Bertz CT molecular complexity index is 1070. The second kappa shape index (κ2) is 9.46. The van der Waals surface area contributed by atoms with Crippen molar-refractivity contribution in [2.24, 2.45) is 16.8 Å². The highest BCUT2D eigenvalue weighted by Gasteiger charge is 2.41. The van der Waals surface area contributed by atoms with Gasteiger partial charge in [-0.1, -0.05) is 22.4 Å². The molecule has 3 aliphatic rings. The van der Waals surface area contributed by atoms with E-state index in [9.17, 15) is 4.79 Å². The fourth-order valence-electron chi connectivity index (χ4n) is 4.80. The van der Waals surface area contributed by atoms with Gasteiger partial charge in [0.15, 0.2) is 0 Å². The van der Waals surface area contributed by atoms with E-state index in [4.69, 9.17) is 16.3 Å². The van der Waals surface area contributed by atoms with Crippen molar-refractivity contribution < 1.29 is 14.0 Å². The minimum atomic E-state index is -0.825. The van der Waals surface area contributed by atoms with Gasteiger partial charge in [-0.05, 0) is 49.9 Å². The molecule has 0 aliphatic carbocycles. The number of hydrogen-bond acceptors (Lipinski definition) is 5. The number of nitrogens with zero attached hydrogens (tertiary/aromatic N) is 3. The highest BCUT2D eigenvalue weighted by atomic mass is 35.5. The number of carbonyl (C=O) groups is 1. The second-order valence-electron chi connectivity index (χ2n) is 9.04. The number of pyridine rings is 1. The van der Waals surface area contributed by atoms with E-state index in [-0.39, 0.29) is 17.7 Å². The van der Waals surface area contributed by atoms with Crippen LogP contribution in [0.15, 0.2) is 35.5 Å². The number of fused-ring (bicyclic) bond motifs is 1. The first-order chi connectivity index (χ1) is 16.0. The summed E-state index contributed by atoms with van der Waals surface area (Å²) in [5.41, 5.74) is 2.58. The molecule has 3 aliphatic heterocycles. The van der Waals surface area contributed by atoms with E-state index in [1.54, 1.807) is 12.1 Å². The van der Waals surface area contributed by atoms with Crippen LogP contribution in [-0.2, 0) is 9.53 Å². The van der Waals surface area contributed by atoms with Crippen LogP contribution in [0.4, 0.5) is 21.7 Å². The van der Waals surface area contributed by atoms with Crippen molar-refractivity contribution in [1.29, 1.82) is 0 Å². The predicted octanol–water partition coefficient (Wildman–Crippen LogP) is 4.63. The number of anilines is 1. The van der Waals surface area contributed by atoms with Crippen LogP contribution in [-0.4, -0.2) is 50.1 Å². The number of benzene rings is 1. The molecule has 0 saturated carbocycles. The fourth-order valence-corrected chi connectivity index (χ4v) is 5.01. The van der Waals surface area contributed by atoms with Crippen LogP contribution in [0, 0.1) is 11.8 Å². The van der Waals surface area contributed by atoms with Gasteiger partial charge in [-0.25, -0.2) is 4.98 Å². The molecule has 1 unspecified atom stereocenters. The number of aliphatic imine (C=N–C) groups is 1. The van der Waals surface area contributed by atoms with Crippen molar-refractivity contribution in [3.05, 3.63) is 35.5 Å². The maximum atomic E-state index is 16.0. The van der Waals surface area contributed by atoms with E-state index in [0.717, 1.165) is 37.8 Å². The number of amides is 1. The van der Waals surface area contributed by atoms with Gasteiger partial charge < -0.3 is 15.4 Å². The van der Waals surface area contributed by atoms with E-state index < -0.39 is 4.71 Å². The molecule has 174 valence electrons. The van der Waals surface area contributed by atoms with E-state index in [2.05, 4.69) is 20.6 Å². The molecule has 33 heavy (non-hydrogen) atoms. The normalized spacial score (nSPS) is 25.1. The molecular weight excluding hydrogens is 445 g/mol. The smallest absolute Gasteiger partial charge is 0.234 e. The Hall–Kier alpha value is -2.39. The summed E-state index contributed by atoms with van der Waals surface area (Å²) in [6, 6.07) is 7.24. The third kappa shape index (κ3) is 4.80. The van der Waals surface area contributed by atoms with Gasteiger partial charge in [0.05, 0.1) is 10.9 Å². The number of nitrogens with one attached hydrogen (secondary N) is 2. The van der Waals surface area contributed by atoms with Gasteiger partial charge in [-0.2, -0.15) is 4.99 Å². The highest BCUT2D eigenvalue weighted by molar-refractivity contribution is 6.33. The van der Waals surface area contributed by atoms with Crippen LogP contribution in [0.25, 0.3) is 11.1 Å². The molecule has 0 spiro atoms. The van der Waals surface area contributed by atoms with Crippen LogP contribution in [0.5, 0.6) is 0 Å². The van der Waals surface area contributed by atoms with E-state index in [1.165, 1.54) is 12.5 Å². The molecule has 2 saturated heterocycles. The van der Waals surface area contributed by atoms with Crippen LogP contribution >= 0.6 is 11.6 Å². The summed E-state index contributed by atoms with van der Waals surface area (Å²) in [6.07, 6.45) is 6.43. The summed E-state index contributed by atoms with van der Waals surface area (Å²) in [7, 11) is 0. The molecule has 7 nitrogen and oxygen atoms in total. The Morgan fingerprint density at radius 3 is 2.91 bits per heavy atom. The van der Waals surface area contributed by atoms with Crippen molar-refractivity contribution >= 4 is 41.0 Å². The number of carbonyl (C=O) groups excluding carboxylic acids is 1. The number of rotatable bonds is 5. The molecule has 2 atom stereocenters. The molecule has 1 aromatic heterocycles. The van der Waals surface area contributed by atoms with Gasteiger partial charge in [0, 0.05) is 48.0 Å². The van der Waals surface area contributed by atoms with E-state index >= 15 is 4.48 Å². The first-order valence-electron chi connectivity index (χ1n) is 11.5. The van der Waals surface area contributed by atoms with Crippen molar-refractivity contribution in [3.8, 4) is 11.1 Å². The number of hydrogen-bond donors (Lipinski definition) is 2. The van der Waals surface area contributed by atoms with Crippen LogP contribution < -0.4 is 15.3 Å². The van der Waals surface area contributed by atoms with Crippen LogP contribution in [0.2, 0.25) is 5.02 Å². The summed E-state index contributed by atoms with van der Waals surface area (Å²) in [5.74, 6) is 0.544. The molecule has 5 rings (SSSR count). The minimum absolute atomic E-state index is 0.0544. The zero-order chi connectivity index (χ0) is 22.8. The van der Waals surface area contributed by atoms with Gasteiger partial charge >= 0.3 is 0 Å². The number of quaternary nitrogens is 1. The average molecular weight is 473 g/mol. The van der Waals surface area contributed by atoms with Crippen molar-refractivity contribution in [2.45, 2.75) is 25.7 Å². The molecule has 0 radical (unpaired) electrons. The summed E-state index contributed by atoms with van der Waals surface area (Å²) in [6.45, 7) is 3.29. The van der Waals surface area contributed by atoms with Crippen molar-refractivity contribution in [3.63, 3.8) is 0 Å². The maximum Gasteiger partial charge on any atom is 0.234 e. The zero-order valence-electron chi connectivity index (χ0n) is 18.4. The molecule has 1 amide bonds. The van der Waals surface area contributed by atoms with E-state index in [0.29, 0.717) is 54.1 Å². The molecule has 4 heterocycles. The zero-order valence-corrected chi connectivity index (χ0v) is 19.2. The average Bonchev–Trinajstić information content (AvgIpc) is 3.17. The number of aromatic nitrogens is 1. The predicted molar refractivity (Wildman–Crippen MR) is 128 cm³/mol. The molecular formula is C24H28ClFN5O2+. The second-order valence-corrected chi connectivity index (χ2v) is 9.45. The van der Waals surface area contributed by atoms with E-state index in [1.807, 2.05) is 12.1 Å². The quantitative estimate of drug-likeness (QED) is 0.622. The molecule has 9 heteroatoms. The Labute approximate surface area is 197 Å². The summed E-state index contributed by atoms with van der Waals surface area (Å²) < 4.78 is 20.6. The lowest BCUT2D eigenvalue weighted by Gasteiger charge is -2.26. The Kier molecular flexibility index (Phi) is 6.42. The van der Waals surface area contributed by atoms with Crippen LogP contribution in [0.3, 0.4) is 0 Å². The first kappa shape index (κ1) is 22.4. The molecule has 2 fully saturated rings. The first-order valence-corrected chi connectivity index (χ1v) is 11.9. The monoisotopic (exact) mass is 472 g/mol. The number of ether oxygens (including phenoxy) is 1. The maximum absolute atomic E-state index is 16.0.